The number of hydrogen-bond donors (Lipinski definition) is 3. The number of amides is 1. The summed E-state index contributed by atoms with van der Waals surface area (Å²) < 4.78 is 14.0. The Morgan fingerprint density at radius 1 is 1.26 bits per heavy atom. The Labute approximate surface area is 212 Å². The zero-order valence-corrected chi connectivity index (χ0v) is 22.1. The Bertz CT molecular complexity index is 932. The normalized spacial score (nSPS) is 22.7. The van der Waals surface area contributed by atoms with E-state index < -0.39 is 18.4 Å². The van der Waals surface area contributed by atoms with Gasteiger partial charge in [0.25, 0.3) is 0 Å². The lowest BCUT2D eigenvalue weighted by molar-refractivity contribution is -0.119. The van der Waals surface area contributed by atoms with Crippen LogP contribution in [0.2, 0.25) is 0 Å². The van der Waals surface area contributed by atoms with Crippen molar-refractivity contribution in [3.8, 4) is 0 Å². The zero-order valence-electron chi connectivity index (χ0n) is 22.1. The van der Waals surface area contributed by atoms with Gasteiger partial charge in [-0.2, -0.15) is 0 Å². The summed E-state index contributed by atoms with van der Waals surface area (Å²) in [6.45, 7) is 22.3. The maximum Gasteiger partial charge on any atom is 0.228 e. The Morgan fingerprint density at radius 2 is 1.74 bits per heavy atom. The van der Waals surface area contributed by atoms with E-state index >= 15 is 0 Å². The molecule has 3 rings (SSSR count). The number of aliphatic hydroxyl groups is 2. The quantitative estimate of drug-likeness (QED) is 0.376. The van der Waals surface area contributed by atoms with Gasteiger partial charge in [-0.25, -0.2) is 4.39 Å². The first kappa shape index (κ1) is 32.0. The number of aliphatic hydroxyl groups excluding tert-OH is 1. The molecule has 3 unspecified atom stereocenters. The topological polar surface area (TPSA) is 86.8 Å². The number of aryl methyl sites for hydroxylation is 1. The van der Waals surface area contributed by atoms with Gasteiger partial charge in [0, 0.05) is 7.12 Å². The fourth-order valence-electron chi connectivity index (χ4n) is 3.40. The third kappa shape index (κ3) is 11.3. The molecule has 1 saturated heterocycles. The van der Waals surface area contributed by atoms with Gasteiger partial charge < -0.3 is 20.8 Å². The Kier molecular flexibility index (Phi) is 13.8. The van der Waals surface area contributed by atoms with Crippen molar-refractivity contribution in [2.75, 3.05) is 13.3 Å². The zero-order chi connectivity index (χ0) is 27.3. The van der Waals surface area contributed by atoms with E-state index in [0.717, 1.165) is 16.8 Å². The second-order valence-corrected chi connectivity index (χ2v) is 9.32. The van der Waals surface area contributed by atoms with Crippen LogP contribution in [0.25, 0.3) is 6.08 Å². The summed E-state index contributed by atoms with van der Waals surface area (Å²) in [5, 5.41) is 14.2. The molecular formula is C29H45FN2O3. The number of hydrogen-bond acceptors (Lipinski definition) is 4. The first-order valence-corrected chi connectivity index (χ1v) is 11.5. The number of alkyl halides is 1. The van der Waals surface area contributed by atoms with Crippen LogP contribution in [0.15, 0.2) is 78.6 Å². The van der Waals surface area contributed by atoms with E-state index in [0.29, 0.717) is 13.0 Å². The third-order valence-electron chi connectivity index (χ3n) is 5.43. The van der Waals surface area contributed by atoms with E-state index in [-0.39, 0.29) is 13.4 Å². The van der Waals surface area contributed by atoms with Gasteiger partial charge in [-0.05, 0) is 65.2 Å². The van der Waals surface area contributed by atoms with Gasteiger partial charge >= 0.3 is 0 Å². The molecule has 0 saturated carbocycles. The molecule has 0 aromatic heterocycles. The summed E-state index contributed by atoms with van der Waals surface area (Å²) in [6.07, 6.45) is 6.22. The molecule has 6 heteroatoms. The first-order valence-electron chi connectivity index (χ1n) is 11.5. The standard InChI is InChI=1S/C15H21FN2O.C9H10.C4H8.CH4O2.H2/c1-9-5-10(2)13(7-12(6-9)14(17)19)18-8-15(4,16)11(18)3;1-3-9-6-4-8(2)5-7-9;1-4(2)3;2-1-3;/h6-7,11-12H,2,5,8H2,1,3-4H3,(H2,17,19);3-7H,1H2,2H3;1H2,2-3H3;2-3H,1H2;1H. The van der Waals surface area contributed by atoms with E-state index in [1.54, 1.807) is 6.92 Å². The van der Waals surface area contributed by atoms with Crippen molar-refractivity contribution in [3.63, 3.8) is 0 Å². The van der Waals surface area contributed by atoms with E-state index in [2.05, 4.69) is 50.9 Å². The summed E-state index contributed by atoms with van der Waals surface area (Å²) >= 11 is 0. The van der Waals surface area contributed by atoms with Crippen LogP contribution in [0.5, 0.6) is 0 Å². The summed E-state index contributed by atoms with van der Waals surface area (Å²) in [6, 6.07) is 8.07. The van der Waals surface area contributed by atoms with Gasteiger partial charge in [-0.3, -0.25) is 4.79 Å². The highest BCUT2D eigenvalue weighted by Crippen LogP contribution is 2.39. The first-order chi connectivity index (χ1) is 16.2. The number of rotatable bonds is 3. The molecule has 196 valence electrons. The summed E-state index contributed by atoms with van der Waals surface area (Å²) in [4.78, 5) is 13.4. The molecule has 0 radical (unpaired) electrons. The number of carbonyl (C=O) groups excluding carboxylic acids is 1. The van der Waals surface area contributed by atoms with Gasteiger partial charge in [-0.15, -0.1) is 6.58 Å². The van der Waals surface area contributed by atoms with Gasteiger partial charge in [0.05, 0.1) is 18.5 Å². The lowest BCUT2D eigenvalue weighted by Gasteiger charge is -2.52. The smallest absolute Gasteiger partial charge is 0.228 e. The van der Waals surface area contributed by atoms with E-state index in [1.165, 1.54) is 16.7 Å². The van der Waals surface area contributed by atoms with Crippen molar-refractivity contribution >= 4 is 12.0 Å². The average Bonchev–Trinajstić information content (AvgIpc) is 2.90. The number of nitrogens with zero attached hydrogens (tertiary/aromatic N) is 1. The fraction of sp³-hybridized carbons (Fsp3) is 0.414. The van der Waals surface area contributed by atoms with Crippen LogP contribution in [0.3, 0.4) is 0 Å². The molecule has 0 bridgehead atoms. The molecule has 0 spiro atoms. The molecule has 35 heavy (non-hydrogen) atoms. The second kappa shape index (κ2) is 15.1. The van der Waals surface area contributed by atoms with Crippen molar-refractivity contribution in [2.45, 2.75) is 59.7 Å². The number of halogens is 1. The summed E-state index contributed by atoms with van der Waals surface area (Å²) in [5.74, 6) is -0.823. The van der Waals surface area contributed by atoms with Crippen LogP contribution < -0.4 is 5.73 Å². The molecule has 1 aliphatic heterocycles. The molecule has 3 atom stereocenters. The number of carbonyl (C=O) groups is 1. The minimum atomic E-state index is -1.18. The van der Waals surface area contributed by atoms with Gasteiger partial charge in [0.1, 0.15) is 12.5 Å². The van der Waals surface area contributed by atoms with Gasteiger partial charge in [0.15, 0.2) is 0 Å². The van der Waals surface area contributed by atoms with Crippen LogP contribution in [0, 0.1) is 12.8 Å². The van der Waals surface area contributed by atoms with E-state index in [1.807, 2.05) is 50.8 Å². The minimum Gasteiger partial charge on any atom is -0.371 e. The Balaban J connectivity index is 0. The fourth-order valence-corrected chi connectivity index (χ4v) is 3.40. The van der Waals surface area contributed by atoms with Crippen LogP contribution in [0.1, 0.15) is 53.6 Å². The largest absolute Gasteiger partial charge is 0.371 e. The average molecular weight is 489 g/mol. The van der Waals surface area contributed by atoms with Crippen LogP contribution in [0.4, 0.5) is 4.39 Å². The number of likely N-dealkylation sites (tertiary alicyclic amines) is 1. The molecule has 1 heterocycles. The monoisotopic (exact) mass is 488 g/mol. The molecular weight excluding hydrogens is 443 g/mol. The van der Waals surface area contributed by atoms with Gasteiger partial charge in [0.2, 0.25) is 5.91 Å². The second-order valence-electron chi connectivity index (χ2n) is 9.32. The predicted molar refractivity (Wildman–Crippen MR) is 147 cm³/mol. The summed E-state index contributed by atoms with van der Waals surface area (Å²) in [5.41, 5.74) is 10.7. The lowest BCUT2D eigenvalue weighted by Crippen LogP contribution is -2.63. The minimum absolute atomic E-state index is 0. The highest BCUT2D eigenvalue weighted by atomic mass is 19.1. The van der Waals surface area contributed by atoms with Crippen LogP contribution in [-0.2, 0) is 4.79 Å². The highest BCUT2D eigenvalue weighted by Gasteiger charge is 2.48. The number of allylic oxidation sites excluding steroid dienone is 3. The Morgan fingerprint density at radius 3 is 2.11 bits per heavy atom. The van der Waals surface area contributed by atoms with Crippen molar-refractivity contribution in [1.82, 2.24) is 4.90 Å². The van der Waals surface area contributed by atoms with Crippen molar-refractivity contribution < 1.29 is 20.8 Å². The number of benzene rings is 1. The molecule has 1 aromatic rings. The van der Waals surface area contributed by atoms with Gasteiger partial charge in [-0.1, -0.05) is 66.3 Å². The SMILES string of the molecule is C=C(C)C.C=C1CC(C)=CC(C(N)=O)C=C1N1CC(C)(F)C1C.C=Cc1ccc(C)cc1.OCO.[HH]. The molecule has 1 amide bonds. The van der Waals surface area contributed by atoms with E-state index in [4.69, 9.17) is 15.9 Å². The molecule has 1 fully saturated rings. The highest BCUT2D eigenvalue weighted by molar-refractivity contribution is 5.81. The van der Waals surface area contributed by atoms with Crippen LogP contribution in [-0.4, -0.2) is 46.1 Å². The summed E-state index contributed by atoms with van der Waals surface area (Å²) in [7, 11) is 0. The molecule has 2 aliphatic rings. The van der Waals surface area contributed by atoms with Crippen molar-refractivity contribution in [1.29, 1.82) is 0 Å². The number of nitrogens with two attached hydrogens (primary N) is 1. The molecule has 5 nitrogen and oxygen atoms in total. The Hall–Kier alpha value is -2.96. The van der Waals surface area contributed by atoms with E-state index in [9.17, 15) is 9.18 Å². The van der Waals surface area contributed by atoms with Crippen molar-refractivity contribution in [2.24, 2.45) is 11.7 Å². The lowest BCUT2D eigenvalue weighted by atomic mass is 9.86. The maximum atomic E-state index is 14.0. The molecule has 4 N–H and O–H groups in total. The maximum absolute atomic E-state index is 14.0. The molecule has 1 aliphatic carbocycles. The third-order valence-corrected chi connectivity index (χ3v) is 5.43. The van der Waals surface area contributed by atoms with Crippen molar-refractivity contribution in [3.05, 3.63) is 89.7 Å². The van der Waals surface area contributed by atoms with Crippen LogP contribution >= 0.6 is 0 Å². The predicted octanol–water partition coefficient (Wildman–Crippen LogP) is 5.71. The number of primary amides is 1. The molecule has 1 aromatic carbocycles.